The molecular formula is C22H29Cl2N3O3S. The molecule has 0 amide bonds. The van der Waals surface area contributed by atoms with Gasteiger partial charge in [0, 0.05) is 42.1 Å². The van der Waals surface area contributed by atoms with E-state index in [9.17, 15) is 9.66 Å². The van der Waals surface area contributed by atoms with E-state index in [2.05, 4.69) is 14.6 Å². The van der Waals surface area contributed by atoms with Crippen molar-refractivity contribution in [1.82, 2.24) is 9.71 Å². The number of anilines is 1. The van der Waals surface area contributed by atoms with Gasteiger partial charge < -0.3 is 19.3 Å². The lowest BCUT2D eigenvalue weighted by Gasteiger charge is -2.38. The van der Waals surface area contributed by atoms with Crippen molar-refractivity contribution in [2.75, 3.05) is 25.1 Å². The van der Waals surface area contributed by atoms with E-state index in [-0.39, 0.29) is 17.7 Å². The number of hydrogen-bond donors (Lipinski definition) is 2. The van der Waals surface area contributed by atoms with E-state index < -0.39 is 16.1 Å². The van der Waals surface area contributed by atoms with Crippen LogP contribution in [-0.4, -0.2) is 39.6 Å². The second kappa shape index (κ2) is 10.0. The summed E-state index contributed by atoms with van der Waals surface area (Å²) in [5.41, 5.74) is 1.66. The number of phenols is 1. The van der Waals surface area contributed by atoms with E-state index in [4.69, 9.17) is 27.9 Å². The SMILES string of the molecule is COc1ccc(N2CCC([C@@H](N[S@@+]([O-])C(C)(C)C)c3cc(Cl)c(Cl)cc3O)CC2)cn1. The zero-order valence-electron chi connectivity index (χ0n) is 18.2. The smallest absolute Gasteiger partial charge is 0.213 e. The van der Waals surface area contributed by atoms with Crippen LogP contribution in [0.2, 0.25) is 10.0 Å². The number of methoxy groups -OCH3 is 1. The number of phenolic OH excluding ortho intramolecular Hbond substituents is 1. The zero-order chi connectivity index (χ0) is 22.8. The van der Waals surface area contributed by atoms with Crippen molar-refractivity contribution >= 4 is 40.3 Å². The van der Waals surface area contributed by atoms with Gasteiger partial charge >= 0.3 is 0 Å². The topological polar surface area (TPSA) is 80.7 Å². The second-order valence-corrected chi connectivity index (χ2v) is 11.5. The van der Waals surface area contributed by atoms with Crippen LogP contribution >= 0.6 is 23.2 Å². The minimum atomic E-state index is -1.31. The molecular weight excluding hydrogens is 457 g/mol. The third-order valence-corrected chi connectivity index (χ3v) is 7.80. The van der Waals surface area contributed by atoms with Gasteiger partial charge in [0.15, 0.2) is 0 Å². The quantitative estimate of drug-likeness (QED) is 0.553. The molecule has 2 N–H and O–H groups in total. The maximum absolute atomic E-state index is 12.9. The highest BCUT2D eigenvalue weighted by Crippen LogP contribution is 2.40. The number of halogens is 2. The van der Waals surface area contributed by atoms with Gasteiger partial charge in [0.25, 0.3) is 0 Å². The zero-order valence-corrected chi connectivity index (χ0v) is 20.5. The number of piperidine rings is 1. The Morgan fingerprint density at radius 2 is 1.87 bits per heavy atom. The number of aromatic hydroxyl groups is 1. The lowest BCUT2D eigenvalue weighted by atomic mass is 9.85. The molecule has 2 heterocycles. The monoisotopic (exact) mass is 485 g/mol. The first kappa shape index (κ1) is 24.3. The van der Waals surface area contributed by atoms with Crippen molar-refractivity contribution in [2.45, 2.75) is 44.4 Å². The number of hydrogen-bond acceptors (Lipinski definition) is 6. The summed E-state index contributed by atoms with van der Waals surface area (Å²) in [6.45, 7) is 7.39. The van der Waals surface area contributed by atoms with Crippen LogP contribution in [0.3, 0.4) is 0 Å². The summed E-state index contributed by atoms with van der Waals surface area (Å²) in [4.78, 5) is 6.57. The molecule has 170 valence electrons. The Kier molecular flexibility index (Phi) is 7.86. The van der Waals surface area contributed by atoms with Gasteiger partial charge in [0.2, 0.25) is 5.88 Å². The van der Waals surface area contributed by atoms with Crippen molar-refractivity contribution in [3.8, 4) is 11.6 Å². The Labute approximate surface area is 197 Å². The van der Waals surface area contributed by atoms with Crippen molar-refractivity contribution in [2.24, 2.45) is 5.92 Å². The van der Waals surface area contributed by atoms with E-state index in [0.717, 1.165) is 31.6 Å². The number of aromatic nitrogens is 1. The van der Waals surface area contributed by atoms with E-state index in [1.54, 1.807) is 13.2 Å². The van der Waals surface area contributed by atoms with Crippen molar-refractivity contribution < 1.29 is 14.4 Å². The Bertz CT molecular complexity index is 885. The molecule has 1 aliphatic rings. The van der Waals surface area contributed by atoms with Crippen LogP contribution in [0.1, 0.15) is 45.2 Å². The van der Waals surface area contributed by atoms with Gasteiger partial charge in [-0.15, -0.1) is 4.72 Å². The van der Waals surface area contributed by atoms with Crippen molar-refractivity contribution in [3.05, 3.63) is 46.1 Å². The van der Waals surface area contributed by atoms with E-state index >= 15 is 0 Å². The third kappa shape index (κ3) is 5.90. The predicted molar refractivity (Wildman–Crippen MR) is 128 cm³/mol. The number of nitrogens with zero attached hydrogens (tertiary/aromatic N) is 2. The number of pyridine rings is 1. The molecule has 31 heavy (non-hydrogen) atoms. The highest BCUT2D eigenvalue weighted by molar-refractivity contribution is 7.90. The van der Waals surface area contributed by atoms with Crippen LogP contribution in [-0.2, 0) is 11.4 Å². The lowest BCUT2D eigenvalue weighted by molar-refractivity contribution is 0.317. The molecule has 1 saturated heterocycles. The number of ether oxygens (including phenoxy) is 1. The lowest BCUT2D eigenvalue weighted by Crippen LogP contribution is -2.45. The average molecular weight is 486 g/mol. The van der Waals surface area contributed by atoms with E-state index in [0.29, 0.717) is 21.5 Å². The van der Waals surface area contributed by atoms with Crippen LogP contribution in [0.25, 0.3) is 0 Å². The molecule has 0 spiro atoms. The minimum absolute atomic E-state index is 0.0552. The summed E-state index contributed by atoms with van der Waals surface area (Å²) in [5.74, 6) is 0.805. The molecule has 0 unspecified atom stereocenters. The van der Waals surface area contributed by atoms with Gasteiger partial charge in [0.05, 0.1) is 35.1 Å². The molecule has 1 fully saturated rings. The summed E-state index contributed by atoms with van der Waals surface area (Å²) in [7, 11) is 1.60. The molecule has 3 rings (SSSR count). The van der Waals surface area contributed by atoms with E-state index in [1.807, 2.05) is 39.1 Å². The van der Waals surface area contributed by atoms with Gasteiger partial charge in [-0.25, -0.2) is 4.98 Å². The van der Waals surface area contributed by atoms with Gasteiger partial charge in [-0.05, 0) is 51.7 Å². The van der Waals surface area contributed by atoms with Gasteiger partial charge in [-0.2, -0.15) is 0 Å². The molecule has 1 aromatic heterocycles. The summed E-state index contributed by atoms with van der Waals surface area (Å²) < 4.78 is 20.9. The first-order valence-corrected chi connectivity index (χ1v) is 12.1. The maximum Gasteiger partial charge on any atom is 0.213 e. The molecule has 0 saturated carbocycles. The Balaban J connectivity index is 1.80. The van der Waals surface area contributed by atoms with Gasteiger partial charge in [-0.1, -0.05) is 23.2 Å². The van der Waals surface area contributed by atoms with Crippen molar-refractivity contribution in [1.29, 1.82) is 0 Å². The first-order chi connectivity index (χ1) is 14.6. The number of nitrogens with one attached hydrogen (secondary N) is 1. The molecule has 6 nitrogen and oxygen atoms in total. The normalized spacial score (nSPS) is 17.5. The summed E-state index contributed by atoms with van der Waals surface area (Å²) in [6.07, 6.45) is 3.52. The fourth-order valence-corrected chi connectivity index (χ4v) is 4.91. The highest BCUT2D eigenvalue weighted by Gasteiger charge is 2.36. The molecule has 0 radical (unpaired) electrons. The second-order valence-electron chi connectivity index (χ2n) is 8.68. The first-order valence-electron chi connectivity index (χ1n) is 10.2. The maximum atomic E-state index is 12.9. The summed E-state index contributed by atoms with van der Waals surface area (Å²) >= 11 is 11.0. The fourth-order valence-electron chi connectivity index (χ4n) is 3.68. The average Bonchev–Trinajstić information content (AvgIpc) is 2.74. The van der Waals surface area contributed by atoms with Crippen LogP contribution < -0.4 is 14.4 Å². The summed E-state index contributed by atoms with van der Waals surface area (Å²) in [5, 5.41) is 11.3. The molecule has 9 heteroatoms. The number of rotatable bonds is 6. The minimum Gasteiger partial charge on any atom is -0.598 e. The largest absolute Gasteiger partial charge is 0.598 e. The highest BCUT2D eigenvalue weighted by atomic mass is 35.5. The van der Waals surface area contributed by atoms with Gasteiger partial charge in [0.1, 0.15) is 10.5 Å². The molecule has 1 aromatic carbocycles. The third-order valence-electron chi connectivity index (χ3n) is 5.50. The molecule has 0 bridgehead atoms. The standard InChI is InChI=1S/C22H29Cl2N3O3S/c1-22(2,3)31(29)26-21(16-11-17(23)18(24)12-19(16)28)14-7-9-27(10-8-14)15-5-6-20(30-4)25-13-15/h5-6,11-14,21,26,28H,7-10H2,1-4H3/t21-,31+/m1/s1. The Morgan fingerprint density at radius 1 is 1.23 bits per heavy atom. The van der Waals surface area contributed by atoms with Crippen LogP contribution in [0.4, 0.5) is 5.69 Å². The molecule has 0 aliphatic carbocycles. The predicted octanol–water partition coefficient (Wildman–Crippen LogP) is 5.11. The Hall–Kier alpha value is -1.38. The molecule has 2 atom stereocenters. The van der Waals surface area contributed by atoms with Crippen LogP contribution in [0.5, 0.6) is 11.6 Å². The van der Waals surface area contributed by atoms with Crippen molar-refractivity contribution in [3.63, 3.8) is 0 Å². The van der Waals surface area contributed by atoms with Crippen LogP contribution in [0, 0.1) is 5.92 Å². The van der Waals surface area contributed by atoms with E-state index in [1.165, 1.54) is 6.07 Å². The fraction of sp³-hybridized carbons (Fsp3) is 0.500. The number of benzene rings is 1. The van der Waals surface area contributed by atoms with Gasteiger partial charge in [-0.3, -0.25) is 0 Å². The molecule has 2 aromatic rings. The summed E-state index contributed by atoms with van der Waals surface area (Å²) in [6, 6.07) is 6.67. The molecule has 1 aliphatic heterocycles. The Morgan fingerprint density at radius 3 is 2.42 bits per heavy atom. The van der Waals surface area contributed by atoms with Crippen LogP contribution in [0.15, 0.2) is 30.5 Å².